The summed E-state index contributed by atoms with van der Waals surface area (Å²) in [4.78, 5) is 37.4. The number of hydrogen-bond donors (Lipinski definition) is 1. The number of rotatable bonds is 5. The number of aryl methyl sites for hydroxylation is 1. The van der Waals surface area contributed by atoms with E-state index in [2.05, 4.69) is 34.0 Å². The Bertz CT molecular complexity index is 651. The molecule has 1 saturated heterocycles. The second-order valence-corrected chi connectivity index (χ2v) is 7.61. The van der Waals surface area contributed by atoms with Gasteiger partial charge in [0.15, 0.2) is 0 Å². The molecule has 0 bridgehead atoms. The number of aromatic nitrogens is 2. The lowest BCUT2D eigenvalue weighted by atomic mass is 10.0. The molecule has 144 valence electrons. The minimum Gasteiger partial charge on any atom is -0.353 e. The lowest BCUT2D eigenvalue weighted by molar-refractivity contribution is -0.137. The van der Waals surface area contributed by atoms with Gasteiger partial charge in [0.1, 0.15) is 17.7 Å². The van der Waals surface area contributed by atoms with Crippen LogP contribution in [0.3, 0.4) is 0 Å². The van der Waals surface area contributed by atoms with Crippen LogP contribution in [0.5, 0.6) is 0 Å². The molecule has 1 aliphatic rings. The van der Waals surface area contributed by atoms with Crippen LogP contribution >= 0.6 is 0 Å². The Kier molecular flexibility index (Phi) is 6.56. The first-order chi connectivity index (χ1) is 12.2. The first kappa shape index (κ1) is 20.1. The molecule has 2 rings (SSSR count). The van der Waals surface area contributed by atoms with Crippen LogP contribution < -0.4 is 10.2 Å². The minimum atomic E-state index is -0.465. The van der Waals surface area contributed by atoms with E-state index < -0.39 is 6.04 Å². The molecule has 1 aromatic heterocycles. The highest BCUT2D eigenvalue weighted by atomic mass is 16.2. The van der Waals surface area contributed by atoms with Crippen LogP contribution in [0.2, 0.25) is 0 Å². The van der Waals surface area contributed by atoms with Crippen molar-refractivity contribution in [3.63, 3.8) is 0 Å². The molecule has 1 aromatic rings. The number of anilines is 1. The van der Waals surface area contributed by atoms with Crippen molar-refractivity contribution in [1.29, 1.82) is 0 Å². The molecule has 0 unspecified atom stereocenters. The summed E-state index contributed by atoms with van der Waals surface area (Å²) in [5.74, 6) is 1.94. The molecule has 0 spiro atoms. The van der Waals surface area contributed by atoms with Crippen molar-refractivity contribution >= 4 is 17.6 Å². The molecule has 1 fully saturated rings. The smallest absolute Gasteiger partial charge is 0.245 e. The van der Waals surface area contributed by atoms with Crippen molar-refractivity contribution in [2.75, 3.05) is 31.1 Å². The maximum absolute atomic E-state index is 12.8. The largest absolute Gasteiger partial charge is 0.353 e. The zero-order valence-electron chi connectivity index (χ0n) is 16.7. The summed E-state index contributed by atoms with van der Waals surface area (Å²) in [5.41, 5.74) is 0.961. The van der Waals surface area contributed by atoms with Gasteiger partial charge in [-0.15, -0.1) is 0 Å². The number of amides is 2. The molecule has 0 aromatic carbocycles. The SMILES string of the molecule is CC(=O)N[C@@H](C(=O)N1CCN(c2cc(C)nc(C(C)C)n2)CC1)C(C)C. The van der Waals surface area contributed by atoms with E-state index in [1.807, 2.05) is 31.7 Å². The van der Waals surface area contributed by atoms with Crippen LogP contribution in [0.1, 0.15) is 52.1 Å². The third-order valence-corrected chi connectivity index (χ3v) is 4.58. The summed E-state index contributed by atoms with van der Waals surface area (Å²) in [6, 6.07) is 1.53. The van der Waals surface area contributed by atoms with E-state index in [0.29, 0.717) is 13.1 Å². The summed E-state index contributed by atoms with van der Waals surface area (Å²) in [7, 11) is 0. The van der Waals surface area contributed by atoms with Crippen LogP contribution in [0, 0.1) is 12.8 Å². The molecule has 0 radical (unpaired) electrons. The van der Waals surface area contributed by atoms with Crippen molar-refractivity contribution in [2.45, 2.75) is 53.5 Å². The molecule has 2 heterocycles. The highest BCUT2D eigenvalue weighted by Crippen LogP contribution is 2.19. The highest BCUT2D eigenvalue weighted by Gasteiger charge is 2.30. The Balaban J connectivity index is 2.04. The third kappa shape index (κ3) is 4.93. The second-order valence-electron chi connectivity index (χ2n) is 7.61. The molecule has 7 nitrogen and oxygen atoms in total. The molecule has 0 aliphatic carbocycles. The molecule has 1 atom stereocenters. The Labute approximate surface area is 156 Å². The van der Waals surface area contributed by atoms with Gasteiger partial charge in [-0.25, -0.2) is 9.97 Å². The first-order valence-electron chi connectivity index (χ1n) is 9.35. The van der Waals surface area contributed by atoms with Gasteiger partial charge in [-0.2, -0.15) is 0 Å². The Hall–Kier alpha value is -2.18. The van der Waals surface area contributed by atoms with Crippen LogP contribution in [-0.4, -0.2) is 58.9 Å². The monoisotopic (exact) mass is 361 g/mol. The number of carbonyl (C=O) groups is 2. The van der Waals surface area contributed by atoms with Gasteiger partial charge in [-0.05, 0) is 12.8 Å². The predicted molar refractivity (Wildman–Crippen MR) is 102 cm³/mol. The van der Waals surface area contributed by atoms with E-state index in [1.165, 1.54) is 6.92 Å². The van der Waals surface area contributed by atoms with Gasteiger partial charge in [-0.3, -0.25) is 9.59 Å². The standard InChI is InChI=1S/C19H31N5O2/c1-12(2)17(21-15(6)25)19(26)24-9-7-23(8-10-24)16-11-14(5)20-18(22-16)13(3)4/h11-13,17H,7-10H2,1-6H3,(H,21,25)/t17-/m1/s1. The summed E-state index contributed by atoms with van der Waals surface area (Å²) < 4.78 is 0. The van der Waals surface area contributed by atoms with Crippen molar-refractivity contribution in [3.8, 4) is 0 Å². The van der Waals surface area contributed by atoms with Crippen LogP contribution in [-0.2, 0) is 9.59 Å². The summed E-state index contributed by atoms with van der Waals surface area (Å²) in [5, 5.41) is 2.78. The fourth-order valence-electron chi connectivity index (χ4n) is 3.08. The van der Waals surface area contributed by atoms with Gasteiger partial charge in [-0.1, -0.05) is 27.7 Å². The van der Waals surface area contributed by atoms with Gasteiger partial charge in [0.2, 0.25) is 11.8 Å². The Morgan fingerprint density at radius 3 is 2.19 bits per heavy atom. The third-order valence-electron chi connectivity index (χ3n) is 4.58. The molecular weight excluding hydrogens is 330 g/mol. The Morgan fingerprint density at radius 2 is 1.69 bits per heavy atom. The van der Waals surface area contributed by atoms with Gasteiger partial charge in [0.05, 0.1) is 0 Å². The lowest BCUT2D eigenvalue weighted by Crippen LogP contribution is -2.56. The quantitative estimate of drug-likeness (QED) is 0.864. The summed E-state index contributed by atoms with van der Waals surface area (Å²) >= 11 is 0. The van der Waals surface area contributed by atoms with Gasteiger partial charge in [0, 0.05) is 50.8 Å². The molecule has 1 aliphatic heterocycles. The molecule has 26 heavy (non-hydrogen) atoms. The topological polar surface area (TPSA) is 78.4 Å². The average molecular weight is 361 g/mol. The number of nitrogens with one attached hydrogen (secondary N) is 1. The minimum absolute atomic E-state index is 0.00316. The van der Waals surface area contributed by atoms with Gasteiger partial charge >= 0.3 is 0 Å². The number of nitrogens with zero attached hydrogens (tertiary/aromatic N) is 4. The maximum Gasteiger partial charge on any atom is 0.245 e. The molecule has 2 amide bonds. The van der Waals surface area contributed by atoms with E-state index in [-0.39, 0.29) is 23.7 Å². The van der Waals surface area contributed by atoms with Crippen LogP contribution in [0.4, 0.5) is 5.82 Å². The number of hydrogen-bond acceptors (Lipinski definition) is 5. The van der Waals surface area contributed by atoms with Gasteiger partial charge < -0.3 is 15.1 Å². The molecule has 7 heteroatoms. The zero-order valence-corrected chi connectivity index (χ0v) is 16.7. The molecule has 1 N–H and O–H groups in total. The normalized spacial score (nSPS) is 16.2. The van der Waals surface area contributed by atoms with Crippen molar-refractivity contribution < 1.29 is 9.59 Å². The fraction of sp³-hybridized carbons (Fsp3) is 0.684. The van der Waals surface area contributed by atoms with Crippen molar-refractivity contribution in [1.82, 2.24) is 20.2 Å². The van der Waals surface area contributed by atoms with Crippen molar-refractivity contribution in [3.05, 3.63) is 17.6 Å². The first-order valence-corrected chi connectivity index (χ1v) is 9.35. The van der Waals surface area contributed by atoms with Crippen LogP contribution in [0.15, 0.2) is 6.07 Å². The van der Waals surface area contributed by atoms with E-state index in [4.69, 9.17) is 0 Å². The Morgan fingerprint density at radius 1 is 1.08 bits per heavy atom. The van der Waals surface area contributed by atoms with Crippen molar-refractivity contribution in [2.24, 2.45) is 5.92 Å². The molecular formula is C19H31N5O2. The van der Waals surface area contributed by atoms with E-state index >= 15 is 0 Å². The maximum atomic E-state index is 12.8. The predicted octanol–water partition coefficient (Wildman–Crippen LogP) is 1.72. The lowest BCUT2D eigenvalue weighted by Gasteiger charge is -2.38. The number of carbonyl (C=O) groups excluding carboxylic acids is 2. The van der Waals surface area contributed by atoms with E-state index in [1.54, 1.807) is 0 Å². The van der Waals surface area contributed by atoms with Gasteiger partial charge in [0.25, 0.3) is 0 Å². The van der Waals surface area contributed by atoms with E-state index in [0.717, 1.165) is 30.4 Å². The zero-order chi connectivity index (χ0) is 19.4. The fourth-order valence-corrected chi connectivity index (χ4v) is 3.08. The second kappa shape index (κ2) is 8.47. The summed E-state index contributed by atoms with van der Waals surface area (Å²) in [6.45, 7) is 14.2. The average Bonchev–Trinajstić information content (AvgIpc) is 2.58. The van der Waals surface area contributed by atoms with Crippen LogP contribution in [0.25, 0.3) is 0 Å². The highest BCUT2D eigenvalue weighted by molar-refractivity contribution is 5.87. The summed E-state index contributed by atoms with van der Waals surface area (Å²) in [6.07, 6.45) is 0. The molecule has 0 saturated carbocycles. The van der Waals surface area contributed by atoms with E-state index in [9.17, 15) is 9.59 Å². The number of piperazine rings is 1.